The highest BCUT2D eigenvalue weighted by Gasteiger charge is 2.08. The summed E-state index contributed by atoms with van der Waals surface area (Å²) < 4.78 is 0. The molecule has 18 heavy (non-hydrogen) atoms. The van der Waals surface area contributed by atoms with E-state index < -0.39 is 0 Å². The zero-order chi connectivity index (χ0) is 13.1. The Morgan fingerprint density at radius 2 is 2.06 bits per heavy atom. The van der Waals surface area contributed by atoms with E-state index in [2.05, 4.69) is 71.0 Å². The molecule has 0 aliphatic carbocycles. The van der Waals surface area contributed by atoms with Gasteiger partial charge in [0.2, 0.25) is 0 Å². The number of hydrogen-bond donors (Lipinski definition) is 0. The molecular weight excluding hydrogens is 288 g/mol. The van der Waals surface area contributed by atoms with E-state index >= 15 is 0 Å². The number of rotatable bonds is 4. The first-order valence-electron chi connectivity index (χ1n) is 6.29. The van der Waals surface area contributed by atoms with Gasteiger partial charge in [0.25, 0.3) is 0 Å². The van der Waals surface area contributed by atoms with Gasteiger partial charge in [0.05, 0.1) is 5.52 Å². The number of halogens is 1. The Balaban J connectivity index is 2.36. The van der Waals surface area contributed by atoms with Crippen LogP contribution in [0.25, 0.3) is 10.9 Å². The number of pyridine rings is 1. The summed E-state index contributed by atoms with van der Waals surface area (Å²) in [6, 6.07) is 10.5. The van der Waals surface area contributed by atoms with Crippen molar-refractivity contribution in [3.63, 3.8) is 0 Å². The number of fused-ring (bicyclic) bond motifs is 1. The van der Waals surface area contributed by atoms with E-state index in [-0.39, 0.29) is 0 Å². The average molecular weight is 307 g/mol. The molecule has 1 unspecified atom stereocenters. The summed E-state index contributed by atoms with van der Waals surface area (Å²) in [5.74, 6) is 0. The van der Waals surface area contributed by atoms with Crippen molar-refractivity contribution in [2.24, 2.45) is 0 Å². The minimum absolute atomic E-state index is 0.550. The van der Waals surface area contributed by atoms with E-state index in [0.29, 0.717) is 4.83 Å². The lowest BCUT2D eigenvalue weighted by Crippen LogP contribution is -2.21. The van der Waals surface area contributed by atoms with Gasteiger partial charge in [-0.25, -0.2) is 0 Å². The number of para-hydroxylation sites is 1. The van der Waals surface area contributed by atoms with Gasteiger partial charge in [0, 0.05) is 35.2 Å². The number of hydrogen-bond acceptors (Lipinski definition) is 2. The number of nitrogens with zero attached hydrogens (tertiary/aromatic N) is 2. The van der Waals surface area contributed by atoms with Crippen LogP contribution >= 0.6 is 15.9 Å². The van der Waals surface area contributed by atoms with Gasteiger partial charge in [-0.2, -0.15) is 0 Å². The summed E-state index contributed by atoms with van der Waals surface area (Å²) in [7, 11) is 2.15. The van der Waals surface area contributed by atoms with Crippen LogP contribution in [0.2, 0.25) is 0 Å². The fourth-order valence-corrected chi connectivity index (χ4v) is 2.30. The molecule has 0 amide bonds. The second-order valence-corrected chi connectivity index (χ2v) is 6.35. The first kappa shape index (κ1) is 13.3. The van der Waals surface area contributed by atoms with E-state index in [9.17, 15) is 0 Å². The summed E-state index contributed by atoms with van der Waals surface area (Å²) in [5, 5.41) is 1.23. The Kier molecular flexibility index (Phi) is 4.23. The molecule has 1 atom stereocenters. The molecule has 2 nitrogen and oxygen atoms in total. The highest BCUT2D eigenvalue weighted by molar-refractivity contribution is 9.09. The molecule has 1 aromatic heterocycles. The topological polar surface area (TPSA) is 16.1 Å². The fourth-order valence-electron chi connectivity index (χ4n) is 2.09. The first-order valence-corrected chi connectivity index (χ1v) is 7.21. The van der Waals surface area contributed by atoms with Crippen molar-refractivity contribution in [1.82, 2.24) is 4.98 Å². The van der Waals surface area contributed by atoms with Crippen molar-refractivity contribution >= 4 is 32.5 Å². The summed E-state index contributed by atoms with van der Waals surface area (Å²) >= 11 is 3.60. The molecule has 0 aliphatic heterocycles. The van der Waals surface area contributed by atoms with E-state index in [4.69, 9.17) is 0 Å². The number of anilines is 1. The number of aryl methyl sites for hydroxylation is 1. The standard InChI is InChI=1S/C15H19BrN2/c1-11(16)8-9-18(3)15-10-12(2)17-14-7-5-4-6-13(14)15/h4-7,10-11H,8-9H2,1-3H3. The maximum atomic E-state index is 4.58. The number of benzene rings is 1. The third kappa shape index (κ3) is 3.02. The van der Waals surface area contributed by atoms with Crippen LogP contribution in [0.15, 0.2) is 30.3 Å². The normalized spacial score (nSPS) is 12.7. The minimum atomic E-state index is 0.550. The Morgan fingerprint density at radius 3 is 2.78 bits per heavy atom. The van der Waals surface area contributed by atoms with E-state index in [1.165, 1.54) is 11.1 Å². The predicted molar refractivity (Wildman–Crippen MR) is 82.8 cm³/mol. The van der Waals surface area contributed by atoms with Crippen LogP contribution in [0.5, 0.6) is 0 Å². The van der Waals surface area contributed by atoms with Gasteiger partial charge in [-0.1, -0.05) is 41.1 Å². The van der Waals surface area contributed by atoms with Crippen molar-refractivity contribution in [3.05, 3.63) is 36.0 Å². The Morgan fingerprint density at radius 1 is 1.33 bits per heavy atom. The van der Waals surface area contributed by atoms with Crippen molar-refractivity contribution in [2.45, 2.75) is 25.1 Å². The van der Waals surface area contributed by atoms with Crippen molar-refractivity contribution in [2.75, 3.05) is 18.5 Å². The SMILES string of the molecule is Cc1cc(N(C)CCC(C)Br)c2ccccc2n1. The molecule has 96 valence electrons. The van der Waals surface area contributed by atoms with Crippen LogP contribution in [0, 0.1) is 6.92 Å². The number of aromatic nitrogens is 1. The smallest absolute Gasteiger partial charge is 0.0726 e. The Hall–Kier alpha value is -1.09. The van der Waals surface area contributed by atoms with E-state index in [1.54, 1.807) is 0 Å². The second kappa shape index (κ2) is 5.70. The molecule has 0 aliphatic rings. The van der Waals surface area contributed by atoms with Gasteiger partial charge in [-0.15, -0.1) is 0 Å². The molecule has 0 N–H and O–H groups in total. The lowest BCUT2D eigenvalue weighted by Gasteiger charge is -2.22. The molecule has 0 radical (unpaired) electrons. The van der Waals surface area contributed by atoms with Crippen LogP contribution in [0.4, 0.5) is 5.69 Å². The Bertz CT molecular complexity index is 537. The maximum Gasteiger partial charge on any atom is 0.0726 e. The molecule has 3 heteroatoms. The average Bonchev–Trinajstić information content (AvgIpc) is 2.34. The summed E-state index contributed by atoms with van der Waals surface area (Å²) in [5.41, 5.74) is 3.42. The molecule has 0 spiro atoms. The van der Waals surface area contributed by atoms with Gasteiger partial charge >= 0.3 is 0 Å². The van der Waals surface area contributed by atoms with Crippen LogP contribution < -0.4 is 4.90 Å². The summed E-state index contributed by atoms with van der Waals surface area (Å²) in [4.78, 5) is 7.44. The summed E-state index contributed by atoms with van der Waals surface area (Å²) in [6.45, 7) is 5.28. The molecule has 0 fully saturated rings. The van der Waals surface area contributed by atoms with E-state index in [1.807, 2.05) is 6.07 Å². The molecule has 0 bridgehead atoms. The molecule has 0 saturated carbocycles. The monoisotopic (exact) mass is 306 g/mol. The molecule has 1 aromatic carbocycles. The van der Waals surface area contributed by atoms with Gasteiger partial charge in [0.15, 0.2) is 0 Å². The maximum absolute atomic E-state index is 4.58. The van der Waals surface area contributed by atoms with Gasteiger partial charge in [-0.3, -0.25) is 4.98 Å². The van der Waals surface area contributed by atoms with Gasteiger partial charge in [0.1, 0.15) is 0 Å². The quantitative estimate of drug-likeness (QED) is 0.789. The summed E-state index contributed by atoms with van der Waals surface area (Å²) in [6.07, 6.45) is 1.13. The van der Waals surface area contributed by atoms with Crippen molar-refractivity contribution in [3.8, 4) is 0 Å². The first-order chi connectivity index (χ1) is 8.58. The Labute approximate surface area is 117 Å². The number of alkyl halides is 1. The van der Waals surface area contributed by atoms with Crippen LogP contribution in [-0.4, -0.2) is 23.4 Å². The van der Waals surface area contributed by atoms with Gasteiger partial charge < -0.3 is 4.90 Å². The molecule has 2 rings (SSSR count). The zero-order valence-electron chi connectivity index (χ0n) is 11.2. The van der Waals surface area contributed by atoms with Crippen molar-refractivity contribution < 1.29 is 0 Å². The highest BCUT2D eigenvalue weighted by Crippen LogP contribution is 2.26. The predicted octanol–water partition coefficient (Wildman–Crippen LogP) is 4.15. The third-order valence-electron chi connectivity index (χ3n) is 3.10. The third-order valence-corrected chi connectivity index (χ3v) is 3.55. The second-order valence-electron chi connectivity index (χ2n) is 4.79. The molecule has 1 heterocycles. The van der Waals surface area contributed by atoms with Crippen molar-refractivity contribution in [1.29, 1.82) is 0 Å². The van der Waals surface area contributed by atoms with Crippen LogP contribution in [0.3, 0.4) is 0 Å². The minimum Gasteiger partial charge on any atom is -0.374 e. The van der Waals surface area contributed by atoms with Crippen LogP contribution in [-0.2, 0) is 0 Å². The van der Waals surface area contributed by atoms with Gasteiger partial charge in [-0.05, 0) is 25.5 Å². The largest absolute Gasteiger partial charge is 0.374 e. The zero-order valence-corrected chi connectivity index (χ0v) is 12.7. The highest BCUT2D eigenvalue weighted by atomic mass is 79.9. The lowest BCUT2D eigenvalue weighted by molar-refractivity contribution is 0.788. The lowest BCUT2D eigenvalue weighted by atomic mass is 10.1. The molecular formula is C15H19BrN2. The molecule has 2 aromatic rings. The molecule has 0 saturated heterocycles. The van der Waals surface area contributed by atoms with E-state index in [0.717, 1.165) is 24.2 Å². The fraction of sp³-hybridized carbons (Fsp3) is 0.400. The van der Waals surface area contributed by atoms with Crippen LogP contribution in [0.1, 0.15) is 19.0 Å².